The van der Waals surface area contributed by atoms with Crippen molar-refractivity contribution in [2.75, 3.05) is 18.4 Å². The molecule has 1 aliphatic heterocycles. The molecule has 2 aromatic carbocycles. The van der Waals surface area contributed by atoms with Gasteiger partial charge in [-0.15, -0.1) is 0 Å². The summed E-state index contributed by atoms with van der Waals surface area (Å²) >= 11 is 0. The Morgan fingerprint density at radius 2 is 1.89 bits per heavy atom. The van der Waals surface area contributed by atoms with Crippen molar-refractivity contribution in [1.82, 2.24) is 4.90 Å². The van der Waals surface area contributed by atoms with Gasteiger partial charge in [-0.05, 0) is 56.1 Å². The number of nitrogens with one attached hydrogen (secondary N) is 1. The zero-order valence-corrected chi connectivity index (χ0v) is 16.1. The molecule has 1 aliphatic rings. The molecule has 0 bridgehead atoms. The molecule has 0 radical (unpaired) electrons. The average Bonchev–Trinajstić information content (AvgIpc) is 2.73. The van der Waals surface area contributed by atoms with E-state index in [4.69, 9.17) is 10.5 Å². The molecule has 1 saturated heterocycles. The fraction of sp³-hybridized carbons (Fsp3) is 0.364. The van der Waals surface area contributed by atoms with Crippen LogP contribution in [-0.2, 0) is 16.2 Å². The second kappa shape index (κ2) is 9.37. The van der Waals surface area contributed by atoms with E-state index >= 15 is 0 Å². The number of likely N-dealkylation sites (tertiary alicyclic amines) is 1. The fourth-order valence-electron chi connectivity index (χ4n) is 3.38. The zero-order valence-electron chi connectivity index (χ0n) is 16.1. The first-order valence-electron chi connectivity index (χ1n) is 9.64. The van der Waals surface area contributed by atoms with E-state index in [1.54, 1.807) is 0 Å². The topological polar surface area (TPSA) is 84.7 Å². The third-order valence-electron chi connectivity index (χ3n) is 5.15. The van der Waals surface area contributed by atoms with Gasteiger partial charge in [0.05, 0.1) is 12.0 Å². The van der Waals surface area contributed by atoms with Crippen LogP contribution in [0.3, 0.4) is 0 Å². The maximum atomic E-state index is 12.6. The van der Waals surface area contributed by atoms with E-state index in [0.717, 1.165) is 30.7 Å². The number of carbonyl (C=O) groups is 2. The lowest BCUT2D eigenvalue weighted by molar-refractivity contribution is -0.127. The Bertz CT molecular complexity index is 792. The standard InChI is InChI=1S/C22H27N3O3/c1-16(25-13-5-8-18(14-25)21(23)26)22(27)24-19-9-11-20(12-10-19)28-15-17-6-3-2-4-7-17/h2-4,6-7,9-12,16,18H,5,8,13-15H2,1H3,(H2,23,26)(H,24,27)/t16-,18-/m0/s1. The number of benzene rings is 2. The highest BCUT2D eigenvalue weighted by atomic mass is 16.5. The Hall–Kier alpha value is -2.86. The molecule has 0 spiro atoms. The Balaban J connectivity index is 1.51. The number of rotatable bonds is 7. The molecule has 0 saturated carbocycles. The molecule has 3 N–H and O–H groups in total. The molecule has 28 heavy (non-hydrogen) atoms. The van der Waals surface area contributed by atoms with E-state index in [1.807, 2.05) is 66.4 Å². The highest BCUT2D eigenvalue weighted by molar-refractivity contribution is 5.94. The Morgan fingerprint density at radius 3 is 2.57 bits per heavy atom. The van der Waals surface area contributed by atoms with Crippen molar-refractivity contribution in [2.45, 2.75) is 32.4 Å². The summed E-state index contributed by atoms with van der Waals surface area (Å²) in [6.07, 6.45) is 1.67. The van der Waals surface area contributed by atoms with Crippen LogP contribution in [0.2, 0.25) is 0 Å². The van der Waals surface area contributed by atoms with Gasteiger partial charge in [-0.25, -0.2) is 0 Å². The minimum Gasteiger partial charge on any atom is -0.489 e. The van der Waals surface area contributed by atoms with Crippen LogP contribution in [0.5, 0.6) is 5.75 Å². The summed E-state index contributed by atoms with van der Waals surface area (Å²) in [6, 6.07) is 17.0. The van der Waals surface area contributed by atoms with Crippen molar-refractivity contribution in [3.63, 3.8) is 0 Å². The van der Waals surface area contributed by atoms with E-state index in [1.165, 1.54) is 0 Å². The molecule has 0 aliphatic carbocycles. The molecule has 2 amide bonds. The normalized spacial score (nSPS) is 18.2. The first-order chi connectivity index (χ1) is 13.5. The van der Waals surface area contributed by atoms with Crippen LogP contribution in [-0.4, -0.2) is 35.8 Å². The van der Waals surface area contributed by atoms with Crippen molar-refractivity contribution in [1.29, 1.82) is 0 Å². The number of nitrogens with two attached hydrogens (primary N) is 1. The summed E-state index contributed by atoms with van der Waals surface area (Å²) in [7, 11) is 0. The maximum absolute atomic E-state index is 12.6. The van der Waals surface area contributed by atoms with Crippen LogP contribution in [0.25, 0.3) is 0 Å². The monoisotopic (exact) mass is 381 g/mol. The van der Waals surface area contributed by atoms with Gasteiger partial charge in [0, 0.05) is 12.2 Å². The molecular formula is C22H27N3O3. The number of ether oxygens (including phenoxy) is 1. The molecule has 2 atom stereocenters. The first kappa shape index (κ1) is 19.9. The molecule has 1 fully saturated rings. The van der Waals surface area contributed by atoms with Gasteiger partial charge in [0.1, 0.15) is 12.4 Å². The number of piperidine rings is 1. The summed E-state index contributed by atoms with van der Waals surface area (Å²) in [5, 5.41) is 2.93. The van der Waals surface area contributed by atoms with Crippen molar-refractivity contribution in [2.24, 2.45) is 11.7 Å². The maximum Gasteiger partial charge on any atom is 0.241 e. The number of anilines is 1. The fourth-order valence-corrected chi connectivity index (χ4v) is 3.38. The first-order valence-corrected chi connectivity index (χ1v) is 9.64. The van der Waals surface area contributed by atoms with Crippen LogP contribution < -0.4 is 15.8 Å². The molecule has 6 heteroatoms. The number of hydrogen-bond acceptors (Lipinski definition) is 4. The number of primary amides is 1. The van der Waals surface area contributed by atoms with Crippen LogP contribution in [0, 0.1) is 5.92 Å². The summed E-state index contributed by atoms with van der Waals surface area (Å²) < 4.78 is 5.76. The van der Waals surface area contributed by atoms with Gasteiger partial charge in [-0.1, -0.05) is 30.3 Å². The number of hydrogen-bond donors (Lipinski definition) is 2. The Morgan fingerprint density at radius 1 is 1.18 bits per heavy atom. The third-order valence-corrected chi connectivity index (χ3v) is 5.15. The third kappa shape index (κ3) is 5.33. The smallest absolute Gasteiger partial charge is 0.241 e. The van der Waals surface area contributed by atoms with E-state index in [9.17, 15) is 9.59 Å². The quantitative estimate of drug-likeness (QED) is 0.772. The van der Waals surface area contributed by atoms with Gasteiger partial charge < -0.3 is 15.8 Å². The van der Waals surface area contributed by atoms with Gasteiger partial charge in [0.2, 0.25) is 11.8 Å². The Labute approximate surface area is 165 Å². The molecule has 2 aromatic rings. The lowest BCUT2D eigenvalue weighted by Crippen LogP contribution is -2.49. The SMILES string of the molecule is C[C@@H](C(=O)Nc1ccc(OCc2ccccc2)cc1)N1CCC[C@H](C(N)=O)C1. The average molecular weight is 381 g/mol. The van der Waals surface area contributed by atoms with E-state index in [0.29, 0.717) is 18.8 Å². The lowest BCUT2D eigenvalue weighted by Gasteiger charge is -2.34. The Kier molecular flexibility index (Phi) is 6.66. The molecule has 148 valence electrons. The van der Waals surface area contributed by atoms with Crippen LogP contribution in [0.4, 0.5) is 5.69 Å². The molecule has 3 rings (SSSR count). The van der Waals surface area contributed by atoms with E-state index in [2.05, 4.69) is 5.32 Å². The second-order valence-corrected chi connectivity index (χ2v) is 7.20. The van der Waals surface area contributed by atoms with Gasteiger partial charge in [0.15, 0.2) is 0 Å². The van der Waals surface area contributed by atoms with E-state index in [-0.39, 0.29) is 23.8 Å². The minimum absolute atomic E-state index is 0.0944. The predicted octanol–water partition coefficient (Wildman–Crippen LogP) is 2.79. The summed E-state index contributed by atoms with van der Waals surface area (Å²) in [5.74, 6) is 0.187. The van der Waals surface area contributed by atoms with Crippen molar-refractivity contribution in [3.05, 3.63) is 60.2 Å². The molecule has 0 aromatic heterocycles. The zero-order chi connectivity index (χ0) is 19.9. The van der Waals surface area contributed by atoms with E-state index < -0.39 is 0 Å². The number of nitrogens with zero attached hydrogens (tertiary/aromatic N) is 1. The minimum atomic E-state index is -0.323. The highest BCUT2D eigenvalue weighted by Gasteiger charge is 2.29. The van der Waals surface area contributed by atoms with Crippen molar-refractivity contribution < 1.29 is 14.3 Å². The number of amides is 2. The van der Waals surface area contributed by atoms with Crippen LogP contribution in [0.1, 0.15) is 25.3 Å². The summed E-state index contributed by atoms with van der Waals surface area (Å²) in [5.41, 5.74) is 7.24. The molecule has 6 nitrogen and oxygen atoms in total. The van der Waals surface area contributed by atoms with Gasteiger partial charge in [-0.2, -0.15) is 0 Å². The molecular weight excluding hydrogens is 354 g/mol. The molecule has 1 heterocycles. The van der Waals surface area contributed by atoms with Gasteiger partial charge in [0.25, 0.3) is 0 Å². The molecule has 0 unspecified atom stereocenters. The van der Waals surface area contributed by atoms with Crippen molar-refractivity contribution >= 4 is 17.5 Å². The number of carbonyl (C=O) groups excluding carboxylic acids is 2. The lowest BCUT2D eigenvalue weighted by atomic mass is 9.96. The largest absolute Gasteiger partial charge is 0.489 e. The predicted molar refractivity (Wildman–Crippen MR) is 109 cm³/mol. The summed E-state index contributed by atoms with van der Waals surface area (Å²) in [6.45, 7) is 3.69. The van der Waals surface area contributed by atoms with Crippen LogP contribution >= 0.6 is 0 Å². The highest BCUT2D eigenvalue weighted by Crippen LogP contribution is 2.20. The second-order valence-electron chi connectivity index (χ2n) is 7.20. The van der Waals surface area contributed by atoms with Gasteiger partial charge >= 0.3 is 0 Å². The van der Waals surface area contributed by atoms with Gasteiger partial charge in [-0.3, -0.25) is 14.5 Å². The van der Waals surface area contributed by atoms with Crippen molar-refractivity contribution in [3.8, 4) is 5.75 Å². The van der Waals surface area contributed by atoms with Crippen LogP contribution in [0.15, 0.2) is 54.6 Å². The summed E-state index contributed by atoms with van der Waals surface area (Å²) in [4.78, 5) is 26.0.